The van der Waals surface area contributed by atoms with Crippen LogP contribution in [-0.4, -0.2) is 25.7 Å². The number of thioether (sulfide) groups is 1. The van der Waals surface area contributed by atoms with Gasteiger partial charge in [0.05, 0.1) is 23.2 Å². The van der Waals surface area contributed by atoms with E-state index in [0.717, 1.165) is 5.16 Å². The number of hydrogen-bond acceptors (Lipinski definition) is 5. The Labute approximate surface area is 177 Å². The van der Waals surface area contributed by atoms with Crippen LogP contribution < -0.4 is 10.3 Å². The number of rotatable bonds is 7. The van der Waals surface area contributed by atoms with Gasteiger partial charge in [-0.3, -0.25) is 9.36 Å². The number of aryl methyl sites for hydroxylation is 1. The van der Waals surface area contributed by atoms with Crippen LogP contribution in [0.3, 0.4) is 0 Å². The Morgan fingerprint density at radius 2 is 1.93 bits per heavy atom. The SMILES string of the molecule is Cn1ccnc1SCc1nc2ccccc2c(=O)n1CCOc1ccc(Cl)cc1. The van der Waals surface area contributed by atoms with Crippen LogP contribution in [0.2, 0.25) is 5.02 Å². The van der Waals surface area contributed by atoms with Gasteiger partial charge in [-0.1, -0.05) is 35.5 Å². The van der Waals surface area contributed by atoms with Gasteiger partial charge in [-0.05, 0) is 36.4 Å². The van der Waals surface area contributed by atoms with Gasteiger partial charge in [-0.2, -0.15) is 0 Å². The minimum atomic E-state index is -0.0641. The quantitative estimate of drug-likeness (QED) is 0.415. The summed E-state index contributed by atoms with van der Waals surface area (Å²) >= 11 is 7.45. The molecule has 0 spiro atoms. The van der Waals surface area contributed by atoms with E-state index in [1.54, 1.807) is 40.7 Å². The molecular formula is C21H19ClN4O2S. The first-order valence-corrected chi connectivity index (χ1v) is 10.4. The van der Waals surface area contributed by atoms with Crippen molar-refractivity contribution in [1.29, 1.82) is 0 Å². The number of hydrogen-bond donors (Lipinski definition) is 0. The molecule has 6 nitrogen and oxygen atoms in total. The number of para-hydroxylation sites is 1. The molecule has 0 aliphatic rings. The van der Waals surface area contributed by atoms with Gasteiger partial charge in [0.25, 0.3) is 5.56 Å². The summed E-state index contributed by atoms with van der Waals surface area (Å²) < 4.78 is 9.42. The average molecular weight is 427 g/mol. The molecule has 0 fully saturated rings. The van der Waals surface area contributed by atoms with Gasteiger partial charge in [0.2, 0.25) is 0 Å². The van der Waals surface area contributed by atoms with E-state index >= 15 is 0 Å². The van der Waals surface area contributed by atoms with Gasteiger partial charge in [0, 0.05) is 24.5 Å². The Morgan fingerprint density at radius 3 is 2.69 bits per heavy atom. The number of ether oxygens (including phenoxy) is 1. The standard InChI is InChI=1S/C21H19ClN4O2S/c1-25-11-10-23-21(25)29-14-19-24-18-5-3-2-4-17(18)20(27)26(19)12-13-28-16-8-6-15(22)7-9-16/h2-11H,12-14H2,1H3. The molecule has 0 unspecified atom stereocenters. The molecule has 2 heterocycles. The molecule has 4 aromatic rings. The van der Waals surface area contributed by atoms with Crippen molar-refractivity contribution in [2.45, 2.75) is 17.5 Å². The van der Waals surface area contributed by atoms with Crippen LogP contribution in [0.15, 0.2) is 70.9 Å². The molecule has 148 valence electrons. The van der Waals surface area contributed by atoms with Crippen LogP contribution in [0.4, 0.5) is 0 Å². The Hall–Kier alpha value is -2.77. The zero-order chi connectivity index (χ0) is 20.2. The van der Waals surface area contributed by atoms with Crippen molar-refractivity contribution in [2.75, 3.05) is 6.61 Å². The third kappa shape index (κ3) is 4.46. The first-order valence-electron chi connectivity index (χ1n) is 9.09. The molecule has 0 aliphatic carbocycles. The first-order chi connectivity index (χ1) is 14.1. The van der Waals surface area contributed by atoms with Crippen molar-refractivity contribution < 1.29 is 4.74 Å². The zero-order valence-corrected chi connectivity index (χ0v) is 17.4. The summed E-state index contributed by atoms with van der Waals surface area (Å²) in [4.78, 5) is 22.1. The summed E-state index contributed by atoms with van der Waals surface area (Å²) in [5, 5.41) is 2.13. The maximum Gasteiger partial charge on any atom is 0.261 e. The third-order valence-electron chi connectivity index (χ3n) is 4.45. The summed E-state index contributed by atoms with van der Waals surface area (Å²) in [7, 11) is 1.94. The number of imidazole rings is 1. The number of halogens is 1. The molecule has 8 heteroatoms. The molecule has 0 radical (unpaired) electrons. The molecule has 0 bridgehead atoms. The van der Waals surface area contributed by atoms with Crippen LogP contribution >= 0.6 is 23.4 Å². The van der Waals surface area contributed by atoms with Crippen LogP contribution in [0.1, 0.15) is 5.82 Å². The number of fused-ring (bicyclic) bond motifs is 1. The predicted octanol–water partition coefficient (Wildman–Crippen LogP) is 4.15. The molecule has 4 rings (SSSR count). The highest BCUT2D eigenvalue weighted by Gasteiger charge is 2.12. The van der Waals surface area contributed by atoms with E-state index in [1.807, 2.05) is 48.1 Å². The Balaban J connectivity index is 1.59. The fourth-order valence-electron chi connectivity index (χ4n) is 2.96. The lowest BCUT2D eigenvalue weighted by atomic mass is 10.2. The third-order valence-corrected chi connectivity index (χ3v) is 5.75. The van der Waals surface area contributed by atoms with E-state index < -0.39 is 0 Å². The van der Waals surface area contributed by atoms with Gasteiger partial charge >= 0.3 is 0 Å². The molecule has 0 saturated heterocycles. The van der Waals surface area contributed by atoms with Crippen molar-refractivity contribution in [3.63, 3.8) is 0 Å². The lowest BCUT2D eigenvalue weighted by Gasteiger charge is -2.14. The number of nitrogens with zero attached hydrogens (tertiary/aromatic N) is 4. The first kappa shape index (κ1) is 19.5. The zero-order valence-electron chi connectivity index (χ0n) is 15.8. The Bertz CT molecular complexity index is 1190. The van der Waals surface area contributed by atoms with Crippen LogP contribution in [0.25, 0.3) is 10.9 Å². The molecule has 0 saturated carbocycles. The van der Waals surface area contributed by atoms with Crippen molar-refractivity contribution >= 4 is 34.3 Å². The van der Waals surface area contributed by atoms with Crippen molar-refractivity contribution in [2.24, 2.45) is 7.05 Å². The van der Waals surface area contributed by atoms with E-state index in [2.05, 4.69) is 4.98 Å². The topological polar surface area (TPSA) is 61.9 Å². The average Bonchev–Trinajstić information content (AvgIpc) is 3.14. The fourth-order valence-corrected chi connectivity index (χ4v) is 3.96. The number of aromatic nitrogens is 4. The van der Waals surface area contributed by atoms with Gasteiger partial charge in [0.15, 0.2) is 5.16 Å². The molecule has 0 aliphatic heterocycles. The van der Waals surface area contributed by atoms with Crippen molar-refractivity contribution in [1.82, 2.24) is 19.1 Å². The highest BCUT2D eigenvalue weighted by atomic mass is 35.5. The second-order valence-electron chi connectivity index (χ2n) is 6.41. The molecule has 0 atom stereocenters. The molecule has 0 N–H and O–H groups in total. The minimum absolute atomic E-state index is 0.0641. The summed E-state index contributed by atoms with van der Waals surface area (Å²) in [6, 6.07) is 14.6. The molecule has 2 aromatic heterocycles. The predicted molar refractivity (Wildman–Crippen MR) is 116 cm³/mol. The molecule has 2 aromatic carbocycles. The number of benzene rings is 2. The van der Waals surface area contributed by atoms with Crippen molar-refractivity contribution in [3.8, 4) is 5.75 Å². The summed E-state index contributed by atoms with van der Waals surface area (Å²) in [6.07, 6.45) is 3.65. The summed E-state index contributed by atoms with van der Waals surface area (Å²) in [6.45, 7) is 0.747. The van der Waals surface area contributed by atoms with Gasteiger partial charge in [-0.15, -0.1) is 0 Å². The molecule has 29 heavy (non-hydrogen) atoms. The molecular weight excluding hydrogens is 408 g/mol. The maximum atomic E-state index is 13.1. The van der Waals surface area contributed by atoms with Crippen LogP contribution in [0.5, 0.6) is 5.75 Å². The normalized spacial score (nSPS) is 11.1. The second-order valence-corrected chi connectivity index (χ2v) is 7.79. The summed E-state index contributed by atoms with van der Waals surface area (Å²) in [5.74, 6) is 1.94. The van der Waals surface area contributed by atoms with E-state index in [-0.39, 0.29) is 5.56 Å². The van der Waals surface area contributed by atoms with E-state index in [9.17, 15) is 4.79 Å². The van der Waals surface area contributed by atoms with E-state index in [4.69, 9.17) is 21.3 Å². The highest BCUT2D eigenvalue weighted by molar-refractivity contribution is 7.98. The highest BCUT2D eigenvalue weighted by Crippen LogP contribution is 2.20. The molecule has 0 amide bonds. The maximum absolute atomic E-state index is 13.1. The Kier molecular flexibility index (Phi) is 5.87. The van der Waals surface area contributed by atoms with Crippen LogP contribution in [0, 0.1) is 0 Å². The smallest absolute Gasteiger partial charge is 0.261 e. The van der Waals surface area contributed by atoms with E-state index in [0.29, 0.717) is 46.4 Å². The van der Waals surface area contributed by atoms with Gasteiger partial charge in [0.1, 0.15) is 18.2 Å². The fraction of sp³-hybridized carbons (Fsp3) is 0.190. The lowest BCUT2D eigenvalue weighted by molar-refractivity contribution is 0.294. The van der Waals surface area contributed by atoms with Crippen LogP contribution in [-0.2, 0) is 19.3 Å². The minimum Gasteiger partial charge on any atom is -0.492 e. The second kappa shape index (κ2) is 8.71. The lowest BCUT2D eigenvalue weighted by Crippen LogP contribution is -2.27. The monoisotopic (exact) mass is 426 g/mol. The Morgan fingerprint density at radius 1 is 1.14 bits per heavy atom. The van der Waals surface area contributed by atoms with E-state index in [1.165, 1.54) is 0 Å². The van der Waals surface area contributed by atoms with Gasteiger partial charge < -0.3 is 9.30 Å². The summed E-state index contributed by atoms with van der Waals surface area (Å²) in [5.41, 5.74) is 0.633. The van der Waals surface area contributed by atoms with Gasteiger partial charge in [-0.25, -0.2) is 9.97 Å². The largest absolute Gasteiger partial charge is 0.492 e. The van der Waals surface area contributed by atoms with Crippen molar-refractivity contribution in [3.05, 3.63) is 82.1 Å².